The highest BCUT2D eigenvalue weighted by atomic mass is 32.2. The first-order valence-electron chi connectivity index (χ1n) is 5.23. The molecular weight excluding hydrogens is 260 g/mol. The molecule has 1 unspecified atom stereocenters. The van der Waals surface area contributed by atoms with Crippen molar-refractivity contribution in [2.24, 2.45) is 0 Å². The van der Waals surface area contributed by atoms with Crippen LogP contribution in [0.1, 0.15) is 6.92 Å². The molecule has 0 spiro atoms. The number of amides is 2. The Balaban J connectivity index is 4.71. The lowest BCUT2D eigenvalue weighted by Crippen LogP contribution is -2.49. The molecule has 0 heterocycles. The van der Waals surface area contributed by atoms with Crippen molar-refractivity contribution in [1.82, 2.24) is 9.80 Å². The van der Waals surface area contributed by atoms with Crippen LogP contribution < -0.4 is 0 Å². The fourth-order valence-corrected chi connectivity index (χ4v) is 1.99. The number of urea groups is 1. The molecule has 0 aliphatic carbocycles. The maximum Gasteiger partial charge on any atom is 0.323 e. The summed E-state index contributed by atoms with van der Waals surface area (Å²) >= 11 is 1.55. The number of rotatable bonds is 7. The molecule has 18 heavy (non-hydrogen) atoms. The average Bonchev–Trinajstić information content (AvgIpc) is 2.25. The first-order valence-corrected chi connectivity index (χ1v) is 6.63. The van der Waals surface area contributed by atoms with Crippen molar-refractivity contribution >= 4 is 29.7 Å². The van der Waals surface area contributed by atoms with Crippen molar-refractivity contribution in [3.8, 4) is 0 Å². The van der Waals surface area contributed by atoms with Gasteiger partial charge in [0.1, 0.15) is 13.1 Å². The predicted octanol–water partition coefficient (Wildman–Crippen LogP) is 0.261. The van der Waals surface area contributed by atoms with Crippen molar-refractivity contribution in [1.29, 1.82) is 0 Å². The highest BCUT2D eigenvalue weighted by Crippen LogP contribution is 2.07. The van der Waals surface area contributed by atoms with Gasteiger partial charge in [0.2, 0.25) is 0 Å². The highest BCUT2D eigenvalue weighted by Gasteiger charge is 2.25. The fourth-order valence-electron chi connectivity index (χ4n) is 1.28. The summed E-state index contributed by atoms with van der Waals surface area (Å²) in [6.45, 7) is 0.567. The molecule has 0 saturated carbocycles. The smallest absolute Gasteiger partial charge is 0.323 e. The van der Waals surface area contributed by atoms with E-state index in [1.165, 1.54) is 11.9 Å². The summed E-state index contributed by atoms with van der Waals surface area (Å²) in [7, 11) is 1.53. The van der Waals surface area contributed by atoms with Gasteiger partial charge in [-0.25, -0.2) is 4.79 Å². The van der Waals surface area contributed by atoms with Crippen LogP contribution in [0.15, 0.2) is 0 Å². The van der Waals surface area contributed by atoms with Gasteiger partial charge in [-0.1, -0.05) is 0 Å². The monoisotopic (exact) mass is 278 g/mol. The number of carboxylic acids is 2. The quantitative estimate of drug-likeness (QED) is 0.693. The van der Waals surface area contributed by atoms with Crippen molar-refractivity contribution in [2.45, 2.75) is 13.0 Å². The minimum atomic E-state index is -1.24. The second-order valence-electron chi connectivity index (χ2n) is 3.84. The second-order valence-corrected chi connectivity index (χ2v) is 4.75. The summed E-state index contributed by atoms with van der Waals surface area (Å²) in [4.78, 5) is 35.3. The van der Waals surface area contributed by atoms with Crippen LogP contribution in [0.4, 0.5) is 4.79 Å². The van der Waals surface area contributed by atoms with E-state index in [2.05, 4.69) is 0 Å². The van der Waals surface area contributed by atoms with Crippen LogP contribution in [0, 0.1) is 0 Å². The van der Waals surface area contributed by atoms with Crippen LogP contribution in [0.3, 0.4) is 0 Å². The van der Waals surface area contributed by atoms with Gasteiger partial charge in [0.15, 0.2) is 0 Å². The minimum Gasteiger partial charge on any atom is -0.480 e. The van der Waals surface area contributed by atoms with Crippen LogP contribution in [0.5, 0.6) is 0 Å². The third-order valence-corrected chi connectivity index (χ3v) is 3.11. The number of carbonyl (C=O) groups excluding carboxylic acids is 1. The lowest BCUT2D eigenvalue weighted by molar-refractivity contribution is -0.140. The Morgan fingerprint density at radius 2 is 1.61 bits per heavy atom. The van der Waals surface area contributed by atoms with E-state index in [1.54, 1.807) is 11.8 Å². The van der Waals surface area contributed by atoms with Gasteiger partial charge in [0.25, 0.3) is 0 Å². The van der Waals surface area contributed by atoms with Gasteiger partial charge in [0.05, 0.1) is 0 Å². The molecule has 0 aliphatic heterocycles. The van der Waals surface area contributed by atoms with E-state index < -0.39 is 31.1 Å². The lowest BCUT2D eigenvalue weighted by Gasteiger charge is -2.29. The average molecular weight is 278 g/mol. The number of carboxylic acid groups (broad SMARTS) is 2. The molecule has 0 aromatic rings. The van der Waals surface area contributed by atoms with Crippen LogP contribution in [0.25, 0.3) is 0 Å². The lowest BCUT2D eigenvalue weighted by atomic mass is 10.3. The van der Waals surface area contributed by atoms with Gasteiger partial charge in [0, 0.05) is 18.8 Å². The molecule has 104 valence electrons. The summed E-state index contributed by atoms with van der Waals surface area (Å²) in [6.07, 6.45) is 1.89. The largest absolute Gasteiger partial charge is 0.480 e. The van der Waals surface area contributed by atoms with Gasteiger partial charge in [-0.3, -0.25) is 9.59 Å². The number of carbonyl (C=O) groups is 3. The van der Waals surface area contributed by atoms with Crippen LogP contribution in [0.2, 0.25) is 0 Å². The Kier molecular flexibility index (Phi) is 7.18. The van der Waals surface area contributed by atoms with Gasteiger partial charge in [-0.05, 0) is 13.2 Å². The van der Waals surface area contributed by atoms with Crippen LogP contribution in [-0.4, -0.2) is 76.2 Å². The molecular formula is C10H18N2O5S. The minimum absolute atomic E-state index is 0.0995. The Bertz CT molecular complexity index is 307. The number of hydrogen-bond acceptors (Lipinski definition) is 4. The summed E-state index contributed by atoms with van der Waals surface area (Å²) < 4.78 is 0. The molecule has 2 amide bonds. The Hall–Kier alpha value is -1.44. The van der Waals surface area contributed by atoms with E-state index in [0.717, 1.165) is 4.90 Å². The number of hydrogen-bond donors (Lipinski definition) is 2. The standard InChI is InChI=1S/C10H18N2O5S/c1-7(6-18-3)11(2)10(17)12(4-8(13)14)5-9(15)16/h7H,4-6H2,1-3H3,(H,13,14)(H,15,16). The van der Waals surface area contributed by atoms with Gasteiger partial charge in [-0.15, -0.1) is 0 Å². The van der Waals surface area contributed by atoms with Crippen molar-refractivity contribution in [2.75, 3.05) is 32.1 Å². The van der Waals surface area contributed by atoms with Crippen LogP contribution >= 0.6 is 11.8 Å². The molecule has 0 bridgehead atoms. The molecule has 0 saturated heterocycles. The molecule has 7 nitrogen and oxygen atoms in total. The van der Waals surface area contributed by atoms with E-state index in [4.69, 9.17) is 10.2 Å². The molecule has 0 aromatic carbocycles. The normalized spacial score (nSPS) is 11.7. The molecule has 0 fully saturated rings. The SMILES string of the molecule is CSCC(C)N(C)C(=O)N(CC(=O)O)CC(=O)O. The van der Waals surface area contributed by atoms with Gasteiger partial charge in [-0.2, -0.15) is 11.8 Å². The maximum atomic E-state index is 11.9. The molecule has 0 aromatic heterocycles. The first kappa shape index (κ1) is 16.6. The molecule has 0 aliphatic rings. The van der Waals surface area contributed by atoms with Crippen LogP contribution in [-0.2, 0) is 9.59 Å². The maximum absolute atomic E-state index is 11.9. The molecule has 0 rings (SSSR count). The summed E-state index contributed by atoms with van der Waals surface area (Å²) in [6, 6.07) is -0.695. The summed E-state index contributed by atoms with van der Waals surface area (Å²) in [5, 5.41) is 17.3. The zero-order chi connectivity index (χ0) is 14.3. The Morgan fingerprint density at radius 1 is 1.17 bits per heavy atom. The van der Waals surface area contributed by atoms with E-state index in [-0.39, 0.29) is 6.04 Å². The van der Waals surface area contributed by atoms with E-state index in [0.29, 0.717) is 5.75 Å². The third-order valence-electron chi connectivity index (χ3n) is 2.29. The fraction of sp³-hybridized carbons (Fsp3) is 0.700. The zero-order valence-electron chi connectivity index (χ0n) is 10.6. The highest BCUT2D eigenvalue weighted by molar-refractivity contribution is 7.98. The topological polar surface area (TPSA) is 98.2 Å². The Labute approximate surface area is 110 Å². The molecule has 8 heteroatoms. The second kappa shape index (κ2) is 7.80. The van der Waals surface area contributed by atoms with E-state index in [1.807, 2.05) is 13.2 Å². The van der Waals surface area contributed by atoms with Gasteiger partial charge < -0.3 is 20.0 Å². The van der Waals surface area contributed by atoms with Crippen molar-refractivity contribution in [3.63, 3.8) is 0 Å². The zero-order valence-corrected chi connectivity index (χ0v) is 11.4. The summed E-state index contributed by atoms with van der Waals surface area (Å²) in [5.41, 5.74) is 0. The van der Waals surface area contributed by atoms with Gasteiger partial charge >= 0.3 is 18.0 Å². The number of aliphatic carboxylic acids is 2. The Morgan fingerprint density at radius 3 is 1.94 bits per heavy atom. The van der Waals surface area contributed by atoms with Crippen molar-refractivity contribution in [3.05, 3.63) is 0 Å². The molecule has 0 radical (unpaired) electrons. The molecule has 2 N–H and O–H groups in total. The first-order chi connectivity index (χ1) is 8.29. The van der Waals surface area contributed by atoms with Crippen molar-refractivity contribution < 1.29 is 24.6 Å². The molecule has 1 atom stereocenters. The number of thioether (sulfide) groups is 1. The predicted molar refractivity (Wildman–Crippen MR) is 67.8 cm³/mol. The van der Waals surface area contributed by atoms with E-state index >= 15 is 0 Å². The van der Waals surface area contributed by atoms with E-state index in [9.17, 15) is 14.4 Å². The summed E-state index contributed by atoms with van der Waals surface area (Å²) in [5.74, 6) is -1.79. The number of nitrogens with zero attached hydrogens (tertiary/aromatic N) is 2. The third kappa shape index (κ3) is 5.76.